The second-order valence-corrected chi connectivity index (χ2v) is 7.64. The van der Waals surface area contributed by atoms with Gasteiger partial charge in [-0.1, -0.05) is 11.6 Å². The topological polar surface area (TPSA) is 126 Å². The van der Waals surface area contributed by atoms with Gasteiger partial charge in [-0.15, -0.1) is 0 Å². The largest absolute Gasteiger partial charge is 0.390 e. The molecular formula is C20H20ClN6O3. The summed E-state index contributed by atoms with van der Waals surface area (Å²) in [5, 5.41) is 28.1. The first kappa shape index (κ1) is 20.4. The molecule has 1 saturated carbocycles. The number of aromatic nitrogens is 5. The molecule has 4 rings (SSSR count). The van der Waals surface area contributed by atoms with Crippen molar-refractivity contribution in [3.05, 3.63) is 72.0 Å². The van der Waals surface area contributed by atoms with Crippen molar-refractivity contribution >= 4 is 23.2 Å². The molecule has 155 valence electrons. The number of rotatable bonds is 6. The number of carbonyl (C=O) groups is 1. The Labute approximate surface area is 177 Å². The molecular weight excluding hydrogens is 408 g/mol. The van der Waals surface area contributed by atoms with Gasteiger partial charge < -0.3 is 15.5 Å². The summed E-state index contributed by atoms with van der Waals surface area (Å²) in [5.74, 6) is -0.407. The average molecular weight is 428 g/mol. The van der Waals surface area contributed by atoms with Gasteiger partial charge in [0.15, 0.2) is 0 Å². The number of hydrogen-bond donors (Lipinski definition) is 3. The highest BCUT2D eigenvalue weighted by molar-refractivity contribution is 6.30. The third-order valence-electron chi connectivity index (χ3n) is 5.06. The van der Waals surface area contributed by atoms with E-state index in [1.807, 2.05) is 0 Å². The first-order chi connectivity index (χ1) is 14.4. The summed E-state index contributed by atoms with van der Waals surface area (Å²) in [6, 6.07) is 4.54. The smallest absolute Gasteiger partial charge is 0.218 e. The maximum absolute atomic E-state index is 13.0. The molecule has 1 radical (unpaired) electrons. The van der Waals surface area contributed by atoms with Crippen molar-refractivity contribution in [2.75, 3.05) is 5.32 Å². The van der Waals surface area contributed by atoms with Gasteiger partial charge in [-0.25, -0.2) is 9.97 Å². The van der Waals surface area contributed by atoms with Gasteiger partial charge >= 0.3 is 0 Å². The van der Waals surface area contributed by atoms with Crippen molar-refractivity contribution in [1.82, 2.24) is 24.7 Å². The fraction of sp³-hybridized carbons (Fsp3) is 0.300. The molecule has 1 aliphatic carbocycles. The molecule has 3 aromatic rings. The Balaban J connectivity index is 1.52. The van der Waals surface area contributed by atoms with Crippen LogP contribution in [0.15, 0.2) is 43.1 Å². The van der Waals surface area contributed by atoms with Crippen LogP contribution >= 0.6 is 11.6 Å². The molecule has 1 aliphatic rings. The molecule has 4 atom stereocenters. The minimum atomic E-state index is -1.00. The third kappa shape index (κ3) is 4.18. The summed E-state index contributed by atoms with van der Waals surface area (Å²) in [6.07, 6.45) is 4.50. The molecule has 0 saturated heterocycles. The molecule has 30 heavy (non-hydrogen) atoms. The summed E-state index contributed by atoms with van der Waals surface area (Å²) in [7, 11) is 0. The first-order valence-electron chi connectivity index (χ1n) is 9.36. The minimum absolute atomic E-state index is 0.219. The van der Waals surface area contributed by atoms with Crippen LogP contribution in [0.2, 0.25) is 5.02 Å². The van der Waals surface area contributed by atoms with E-state index in [4.69, 9.17) is 11.6 Å². The highest BCUT2D eigenvalue weighted by atomic mass is 35.5. The van der Waals surface area contributed by atoms with E-state index in [0.29, 0.717) is 23.7 Å². The zero-order valence-electron chi connectivity index (χ0n) is 15.9. The maximum Gasteiger partial charge on any atom is 0.218 e. The third-order valence-corrected chi connectivity index (χ3v) is 5.29. The summed E-state index contributed by atoms with van der Waals surface area (Å²) < 4.78 is 1.59. The Morgan fingerprint density at radius 3 is 2.87 bits per heavy atom. The zero-order chi connectivity index (χ0) is 21.3. The monoisotopic (exact) mass is 427 g/mol. The molecule has 3 heterocycles. The fourth-order valence-electron chi connectivity index (χ4n) is 3.46. The van der Waals surface area contributed by atoms with E-state index >= 15 is 0 Å². The number of pyridine rings is 1. The van der Waals surface area contributed by atoms with Crippen molar-refractivity contribution in [2.45, 2.75) is 31.2 Å². The molecule has 0 bridgehead atoms. The van der Waals surface area contributed by atoms with Gasteiger partial charge in [0.2, 0.25) is 5.78 Å². The van der Waals surface area contributed by atoms with E-state index in [2.05, 4.69) is 32.3 Å². The van der Waals surface area contributed by atoms with E-state index in [9.17, 15) is 15.0 Å². The minimum Gasteiger partial charge on any atom is -0.390 e. The van der Waals surface area contributed by atoms with Gasteiger partial charge in [-0.3, -0.25) is 14.5 Å². The van der Waals surface area contributed by atoms with Crippen LogP contribution < -0.4 is 5.32 Å². The lowest BCUT2D eigenvalue weighted by Crippen LogP contribution is -2.35. The van der Waals surface area contributed by atoms with E-state index in [-0.39, 0.29) is 28.8 Å². The van der Waals surface area contributed by atoms with Crippen molar-refractivity contribution in [2.24, 2.45) is 5.92 Å². The number of aliphatic hydroxyl groups excluding tert-OH is 2. The predicted molar refractivity (Wildman–Crippen MR) is 109 cm³/mol. The maximum atomic E-state index is 13.0. The molecule has 0 spiro atoms. The summed E-state index contributed by atoms with van der Waals surface area (Å²) in [4.78, 5) is 25.3. The van der Waals surface area contributed by atoms with Crippen LogP contribution in [0.25, 0.3) is 0 Å². The molecule has 3 aromatic heterocycles. The highest BCUT2D eigenvalue weighted by Crippen LogP contribution is 2.29. The molecule has 3 N–H and O–H groups in total. The normalized spacial score (nSPS) is 23.5. The van der Waals surface area contributed by atoms with Gasteiger partial charge in [0, 0.05) is 23.6 Å². The number of carbonyl (C=O) groups excluding carboxylic acids is 1. The van der Waals surface area contributed by atoms with Crippen LogP contribution in [0.4, 0.5) is 5.82 Å². The first-order valence-corrected chi connectivity index (χ1v) is 9.74. The van der Waals surface area contributed by atoms with Gasteiger partial charge in [-0.05, 0) is 37.5 Å². The van der Waals surface area contributed by atoms with Crippen molar-refractivity contribution in [3.63, 3.8) is 0 Å². The second kappa shape index (κ2) is 8.47. The van der Waals surface area contributed by atoms with Crippen LogP contribution in [0.5, 0.6) is 0 Å². The van der Waals surface area contributed by atoms with Crippen LogP contribution in [-0.4, -0.2) is 59.0 Å². The Kier molecular flexibility index (Phi) is 5.76. The molecule has 0 amide bonds. The van der Waals surface area contributed by atoms with E-state index < -0.39 is 18.2 Å². The number of hydrogen-bond acceptors (Lipinski definition) is 8. The molecule has 10 heteroatoms. The average Bonchev–Trinajstić information content (AvgIpc) is 3.29. The van der Waals surface area contributed by atoms with Crippen molar-refractivity contribution in [1.29, 1.82) is 0 Å². The Bertz CT molecular complexity index is 1060. The van der Waals surface area contributed by atoms with Crippen LogP contribution in [0, 0.1) is 12.8 Å². The fourth-order valence-corrected chi connectivity index (χ4v) is 3.64. The summed E-state index contributed by atoms with van der Waals surface area (Å²) in [5.41, 5.74) is 1.15. The second-order valence-electron chi connectivity index (χ2n) is 7.21. The van der Waals surface area contributed by atoms with Gasteiger partial charge in [0.25, 0.3) is 0 Å². The van der Waals surface area contributed by atoms with Crippen molar-refractivity contribution in [3.8, 4) is 0 Å². The SMILES string of the molecule is [CH2][C@@H]1C[C@@H](Nc2ncncc2C(=O)c2ccn(Cc3cc(Cl)ccn3)n2)[C@H](O)[C@@H]1O. The van der Waals surface area contributed by atoms with Crippen molar-refractivity contribution < 1.29 is 15.0 Å². The lowest BCUT2D eigenvalue weighted by molar-refractivity contribution is 0.0256. The number of halogens is 1. The Hall–Kier alpha value is -2.88. The molecule has 9 nitrogen and oxygen atoms in total. The predicted octanol–water partition coefficient (Wildman–Crippen LogP) is 1.36. The van der Waals surface area contributed by atoms with E-state index in [0.717, 1.165) is 0 Å². The lowest BCUT2D eigenvalue weighted by atomic mass is 10.1. The molecule has 0 aromatic carbocycles. The number of anilines is 1. The van der Waals surface area contributed by atoms with Gasteiger partial charge in [-0.2, -0.15) is 5.10 Å². The number of nitrogens with zero attached hydrogens (tertiary/aromatic N) is 5. The number of nitrogens with one attached hydrogen (secondary N) is 1. The quantitative estimate of drug-likeness (QED) is 0.503. The molecule has 0 unspecified atom stereocenters. The molecule has 0 aliphatic heterocycles. The van der Waals surface area contributed by atoms with E-state index in [1.54, 1.807) is 35.3 Å². The van der Waals surface area contributed by atoms with Gasteiger partial charge in [0.05, 0.1) is 29.9 Å². The summed E-state index contributed by atoms with van der Waals surface area (Å²) in [6.45, 7) is 4.20. The molecule has 1 fully saturated rings. The zero-order valence-corrected chi connectivity index (χ0v) is 16.6. The number of aliphatic hydroxyl groups is 2. The lowest BCUT2D eigenvalue weighted by Gasteiger charge is -2.19. The standard InChI is InChI=1S/C20H20ClN6O3/c1-11-6-16(19(30)17(11)28)25-20-14(8-22-10-24-20)18(29)15-3-5-27(26-15)9-13-7-12(21)2-4-23-13/h2-5,7-8,10-11,16-17,19,28,30H,1,6,9H2,(H,22,24,25)/t11-,16-,17-,19+/m1/s1. The summed E-state index contributed by atoms with van der Waals surface area (Å²) >= 11 is 5.98. The highest BCUT2D eigenvalue weighted by Gasteiger charge is 2.39. The Morgan fingerprint density at radius 1 is 1.30 bits per heavy atom. The van der Waals surface area contributed by atoms with Crippen LogP contribution in [-0.2, 0) is 6.54 Å². The Morgan fingerprint density at radius 2 is 2.13 bits per heavy atom. The van der Waals surface area contributed by atoms with Crippen LogP contribution in [0.3, 0.4) is 0 Å². The number of ketones is 1. The van der Waals surface area contributed by atoms with Gasteiger partial charge in [0.1, 0.15) is 23.9 Å². The van der Waals surface area contributed by atoms with E-state index in [1.165, 1.54) is 12.5 Å². The van der Waals surface area contributed by atoms with Crippen LogP contribution in [0.1, 0.15) is 28.2 Å².